The molecule has 2 rings (SSSR count). The van der Waals surface area contributed by atoms with E-state index in [0.29, 0.717) is 5.56 Å². The Labute approximate surface area is 229 Å². The van der Waals surface area contributed by atoms with Crippen LogP contribution in [-0.4, -0.2) is 59.2 Å². The molecule has 9 nitrogen and oxygen atoms in total. The van der Waals surface area contributed by atoms with Crippen LogP contribution in [-0.2, 0) is 27.4 Å². The summed E-state index contributed by atoms with van der Waals surface area (Å²) in [5.74, 6) is -6.44. The number of hydrogen-bond acceptors (Lipinski definition) is 6. The molecule has 2 amide bonds. The van der Waals surface area contributed by atoms with E-state index in [-0.39, 0.29) is 21.5 Å². The van der Waals surface area contributed by atoms with E-state index in [0.717, 1.165) is 6.07 Å². The van der Waals surface area contributed by atoms with Gasteiger partial charge in [0.15, 0.2) is 5.82 Å². The molecule has 1 unspecified atom stereocenters. The van der Waals surface area contributed by atoms with Gasteiger partial charge in [-0.1, -0.05) is 46.3 Å². The number of aliphatic hydroxyl groups excluding tert-OH is 1. The maximum atomic E-state index is 16.0. The van der Waals surface area contributed by atoms with Crippen LogP contribution in [0.1, 0.15) is 31.9 Å². The van der Waals surface area contributed by atoms with E-state index in [4.69, 9.17) is 9.47 Å². The van der Waals surface area contributed by atoms with Crippen LogP contribution in [0.3, 0.4) is 0 Å². The lowest BCUT2D eigenvalue weighted by atomic mass is 10.0. The van der Waals surface area contributed by atoms with E-state index in [2.05, 4.69) is 21.2 Å². The highest BCUT2D eigenvalue weighted by Gasteiger charge is 2.45. The Kier molecular flexibility index (Phi) is 10.7. The number of carbonyl (C=O) groups excluding carboxylic acids is 2. The van der Waals surface area contributed by atoms with E-state index >= 15 is 4.39 Å². The number of nitrogens with one attached hydrogen (secondary N) is 1. The van der Waals surface area contributed by atoms with Crippen LogP contribution in [0, 0.1) is 5.82 Å². The lowest BCUT2D eigenvalue weighted by Gasteiger charge is -2.27. The second-order valence-electron chi connectivity index (χ2n) is 9.28. The average molecular weight is 623 g/mol. The first-order chi connectivity index (χ1) is 18.0. The molecule has 0 spiro atoms. The SMILES string of the molecule is CC(C)(C)OC(=O)NC(CO)Cc1c(Br)cc(OCc2ccccc2)c(N(CC(=O)O)C(=O)C(F)(F)F)c1F. The molecule has 0 bridgehead atoms. The van der Waals surface area contributed by atoms with E-state index in [9.17, 15) is 37.8 Å². The van der Waals surface area contributed by atoms with Gasteiger partial charge in [-0.25, -0.2) is 9.18 Å². The minimum atomic E-state index is -5.54. The Morgan fingerprint density at radius 2 is 1.74 bits per heavy atom. The van der Waals surface area contributed by atoms with Crippen molar-refractivity contribution >= 4 is 39.6 Å². The van der Waals surface area contributed by atoms with Crippen LogP contribution in [0.4, 0.5) is 28.0 Å². The van der Waals surface area contributed by atoms with Gasteiger partial charge in [-0.15, -0.1) is 0 Å². The number of rotatable bonds is 10. The van der Waals surface area contributed by atoms with Crippen molar-refractivity contribution in [1.82, 2.24) is 5.32 Å². The summed E-state index contributed by atoms with van der Waals surface area (Å²) in [5.41, 5.74) is -1.77. The maximum absolute atomic E-state index is 16.0. The Hall–Kier alpha value is -3.39. The third-order valence-corrected chi connectivity index (χ3v) is 5.64. The van der Waals surface area contributed by atoms with Gasteiger partial charge in [0.1, 0.15) is 30.2 Å². The van der Waals surface area contributed by atoms with Crippen LogP contribution in [0.2, 0.25) is 0 Å². The summed E-state index contributed by atoms with van der Waals surface area (Å²) in [6.07, 6.45) is -6.96. The van der Waals surface area contributed by atoms with Crippen molar-refractivity contribution in [2.75, 3.05) is 18.1 Å². The number of carbonyl (C=O) groups is 3. The van der Waals surface area contributed by atoms with Crippen molar-refractivity contribution in [3.05, 3.63) is 57.8 Å². The highest BCUT2D eigenvalue weighted by molar-refractivity contribution is 9.10. The first-order valence-corrected chi connectivity index (χ1v) is 12.2. The highest BCUT2D eigenvalue weighted by atomic mass is 79.9. The molecule has 2 aromatic carbocycles. The molecule has 0 radical (unpaired) electrons. The van der Waals surface area contributed by atoms with Crippen LogP contribution < -0.4 is 15.0 Å². The third-order valence-electron chi connectivity index (χ3n) is 4.93. The molecule has 2 aromatic rings. The maximum Gasteiger partial charge on any atom is 0.471 e. The number of anilines is 1. The smallest absolute Gasteiger partial charge is 0.471 e. The van der Waals surface area contributed by atoms with Gasteiger partial charge < -0.3 is 25.0 Å². The molecule has 0 aromatic heterocycles. The van der Waals surface area contributed by atoms with E-state index in [1.165, 1.54) is 0 Å². The number of aliphatic carboxylic acids is 1. The van der Waals surface area contributed by atoms with Crippen LogP contribution in [0.5, 0.6) is 5.75 Å². The molecule has 0 aliphatic heterocycles. The lowest BCUT2D eigenvalue weighted by molar-refractivity contribution is -0.171. The molecule has 3 N–H and O–H groups in total. The summed E-state index contributed by atoms with van der Waals surface area (Å²) in [6.45, 7) is 2.27. The van der Waals surface area contributed by atoms with E-state index in [1.54, 1.807) is 51.1 Å². The van der Waals surface area contributed by atoms with Crippen LogP contribution in [0.25, 0.3) is 0 Å². The van der Waals surface area contributed by atoms with Crippen LogP contribution >= 0.6 is 15.9 Å². The zero-order valence-corrected chi connectivity index (χ0v) is 22.7. The van der Waals surface area contributed by atoms with Crippen molar-refractivity contribution in [2.45, 2.75) is 51.6 Å². The molecule has 0 saturated heterocycles. The summed E-state index contributed by atoms with van der Waals surface area (Å²) < 4.78 is 66.9. The van der Waals surface area contributed by atoms with E-state index < -0.39 is 72.6 Å². The van der Waals surface area contributed by atoms with Gasteiger partial charge in [0.25, 0.3) is 0 Å². The number of benzene rings is 2. The predicted molar refractivity (Wildman–Crippen MR) is 135 cm³/mol. The largest absolute Gasteiger partial charge is 0.487 e. The molecule has 14 heteroatoms. The minimum absolute atomic E-state index is 0.0361. The molecule has 0 fully saturated rings. The summed E-state index contributed by atoms with van der Waals surface area (Å²) in [5, 5.41) is 21.3. The number of amides is 2. The van der Waals surface area contributed by atoms with Crippen molar-refractivity contribution in [2.24, 2.45) is 0 Å². The van der Waals surface area contributed by atoms with Crippen LogP contribution in [0.15, 0.2) is 40.9 Å². The normalized spacial score (nSPS) is 12.4. The van der Waals surface area contributed by atoms with Gasteiger partial charge in [-0.05, 0) is 38.8 Å². The third kappa shape index (κ3) is 9.39. The van der Waals surface area contributed by atoms with E-state index in [1.807, 2.05) is 0 Å². The molecule has 1 atom stereocenters. The second kappa shape index (κ2) is 13.1. The van der Waals surface area contributed by atoms with Gasteiger partial charge in [-0.3, -0.25) is 14.5 Å². The molecule has 0 aliphatic rings. The Bertz CT molecular complexity index is 1190. The number of alkyl carbamates (subject to hydrolysis) is 1. The number of aliphatic hydroxyl groups is 1. The van der Waals surface area contributed by atoms with Gasteiger partial charge in [0.2, 0.25) is 0 Å². The van der Waals surface area contributed by atoms with Gasteiger partial charge >= 0.3 is 24.1 Å². The lowest BCUT2D eigenvalue weighted by Crippen LogP contribution is -2.45. The number of carboxylic acids is 1. The number of nitrogens with zero attached hydrogens (tertiary/aromatic N) is 1. The number of alkyl halides is 3. The molecule has 214 valence electrons. The minimum Gasteiger partial charge on any atom is -0.487 e. The summed E-state index contributed by atoms with van der Waals surface area (Å²) in [7, 11) is 0. The first-order valence-electron chi connectivity index (χ1n) is 11.4. The zero-order chi connectivity index (χ0) is 29.5. The number of ether oxygens (including phenoxy) is 2. The van der Waals surface area contributed by atoms with Gasteiger partial charge in [0, 0.05) is 10.0 Å². The molecule has 0 saturated carbocycles. The first kappa shape index (κ1) is 31.8. The quantitative estimate of drug-likeness (QED) is 0.331. The number of hydrogen-bond donors (Lipinski definition) is 3. The predicted octanol–water partition coefficient (Wildman–Crippen LogP) is 4.58. The molecule has 0 heterocycles. The van der Waals surface area contributed by atoms with Crippen molar-refractivity contribution in [1.29, 1.82) is 0 Å². The fourth-order valence-electron chi connectivity index (χ4n) is 3.33. The van der Waals surface area contributed by atoms with Crippen molar-refractivity contribution < 1.29 is 51.6 Å². The highest BCUT2D eigenvalue weighted by Crippen LogP contribution is 2.40. The Morgan fingerprint density at radius 1 is 1.13 bits per heavy atom. The second-order valence-corrected chi connectivity index (χ2v) is 10.1. The van der Waals surface area contributed by atoms with Crippen molar-refractivity contribution in [3.8, 4) is 5.75 Å². The fourth-order valence-corrected chi connectivity index (χ4v) is 3.88. The molecule has 39 heavy (non-hydrogen) atoms. The standard InChI is InChI=1S/C25H27BrF4N2O7/c1-24(2,3)39-23(37)31-15(12-33)9-16-17(26)10-18(38-13-14-7-5-4-6-8-14)21(20(16)27)32(11-19(34)35)22(36)25(28,29)30/h4-8,10,15,33H,9,11-13H2,1-3H3,(H,31,37)(H,34,35). The van der Waals surface area contributed by atoms with Gasteiger partial charge in [0.05, 0.1) is 12.6 Å². The Morgan fingerprint density at radius 3 is 2.26 bits per heavy atom. The van der Waals surface area contributed by atoms with Gasteiger partial charge in [-0.2, -0.15) is 13.2 Å². The molecular formula is C25H27BrF4N2O7. The molecule has 0 aliphatic carbocycles. The molecular weight excluding hydrogens is 596 g/mol. The number of halogens is 5. The number of carboxylic acid groups (broad SMARTS) is 1. The monoisotopic (exact) mass is 622 g/mol. The summed E-state index contributed by atoms with van der Waals surface area (Å²) in [6, 6.07) is 8.20. The summed E-state index contributed by atoms with van der Waals surface area (Å²) in [4.78, 5) is 35.5. The fraction of sp³-hybridized carbons (Fsp3) is 0.400. The topological polar surface area (TPSA) is 125 Å². The zero-order valence-electron chi connectivity index (χ0n) is 21.1. The summed E-state index contributed by atoms with van der Waals surface area (Å²) >= 11 is 3.12. The van der Waals surface area contributed by atoms with Crippen molar-refractivity contribution in [3.63, 3.8) is 0 Å². The Balaban J connectivity index is 2.60. The average Bonchev–Trinajstić information content (AvgIpc) is 2.81.